The van der Waals surface area contributed by atoms with Crippen molar-refractivity contribution in [2.24, 2.45) is 0 Å². The lowest BCUT2D eigenvalue weighted by molar-refractivity contribution is 0.0925. The number of carbonyl (C=O) groups is 1. The van der Waals surface area contributed by atoms with Gasteiger partial charge in [-0.3, -0.25) is 4.79 Å². The van der Waals surface area contributed by atoms with Gasteiger partial charge in [0.05, 0.1) is 9.90 Å². The van der Waals surface area contributed by atoms with Gasteiger partial charge in [-0.2, -0.15) is 0 Å². The Hall–Kier alpha value is -0.840. The number of halogens is 2. The van der Waals surface area contributed by atoms with Crippen molar-refractivity contribution in [1.29, 1.82) is 0 Å². The quantitative estimate of drug-likeness (QED) is 0.749. The van der Waals surface area contributed by atoms with Crippen LogP contribution in [0.5, 0.6) is 5.75 Å². The number of rotatable bonds is 4. The second-order valence-corrected chi connectivity index (χ2v) is 5.92. The number of benzene rings is 1. The Kier molecular flexibility index (Phi) is 4.43. The first-order chi connectivity index (χ1) is 8.58. The smallest absolute Gasteiger partial charge is 0.211 e. The first kappa shape index (κ1) is 13.6. The molecule has 0 fully saturated rings. The van der Waals surface area contributed by atoms with Crippen LogP contribution in [0.1, 0.15) is 15.2 Å². The van der Waals surface area contributed by atoms with Crippen LogP contribution in [0.15, 0.2) is 34.1 Å². The third-order valence-electron chi connectivity index (χ3n) is 2.32. The predicted molar refractivity (Wildman–Crippen MR) is 78.0 cm³/mol. The zero-order valence-corrected chi connectivity index (χ0v) is 12.7. The predicted octanol–water partition coefficient (Wildman–Crippen LogP) is 4.73. The molecule has 0 aliphatic carbocycles. The molecule has 2 rings (SSSR count). The fraction of sp³-hybridized carbons (Fsp3) is 0.154. The highest BCUT2D eigenvalue weighted by Gasteiger charge is 2.13. The summed E-state index contributed by atoms with van der Waals surface area (Å²) >= 11 is 10.7. The van der Waals surface area contributed by atoms with Crippen LogP contribution in [-0.4, -0.2) is 12.4 Å². The van der Waals surface area contributed by atoms with Gasteiger partial charge in [0.15, 0.2) is 6.61 Å². The van der Waals surface area contributed by atoms with E-state index in [-0.39, 0.29) is 12.4 Å². The van der Waals surface area contributed by atoms with Gasteiger partial charge >= 0.3 is 0 Å². The molecule has 0 radical (unpaired) electrons. The van der Waals surface area contributed by atoms with Crippen molar-refractivity contribution >= 4 is 44.7 Å². The first-order valence-electron chi connectivity index (χ1n) is 5.23. The molecule has 0 atom stereocenters. The number of carbonyl (C=O) groups excluding carboxylic acids is 1. The van der Waals surface area contributed by atoms with E-state index in [1.165, 1.54) is 11.3 Å². The largest absolute Gasteiger partial charge is 0.484 e. The van der Waals surface area contributed by atoms with Gasteiger partial charge in [0.2, 0.25) is 5.78 Å². The monoisotopic (exact) mass is 344 g/mol. The van der Waals surface area contributed by atoms with Crippen molar-refractivity contribution in [3.63, 3.8) is 0 Å². The third-order valence-corrected chi connectivity index (χ3v) is 4.49. The molecule has 1 heterocycles. The standard InChI is InChI=1S/C13H10BrClO2S/c1-8-2-3-12(10(15)6-8)17-7-11(16)13-9(14)4-5-18-13/h2-6H,7H2,1H3. The Labute approximate surface area is 123 Å². The van der Waals surface area contributed by atoms with Gasteiger partial charge < -0.3 is 4.74 Å². The maximum absolute atomic E-state index is 11.9. The van der Waals surface area contributed by atoms with Crippen molar-refractivity contribution in [3.05, 3.63) is 49.6 Å². The fourth-order valence-electron chi connectivity index (χ4n) is 1.42. The minimum absolute atomic E-state index is 0.0120. The highest BCUT2D eigenvalue weighted by atomic mass is 79.9. The van der Waals surface area contributed by atoms with Gasteiger partial charge in [-0.1, -0.05) is 17.7 Å². The van der Waals surface area contributed by atoms with Crippen LogP contribution in [0.4, 0.5) is 0 Å². The van der Waals surface area contributed by atoms with E-state index in [1.807, 2.05) is 30.5 Å². The summed E-state index contributed by atoms with van der Waals surface area (Å²) < 4.78 is 6.24. The molecule has 0 aliphatic rings. The Bertz CT molecular complexity index is 580. The molecule has 0 saturated heterocycles. The Morgan fingerprint density at radius 1 is 1.44 bits per heavy atom. The van der Waals surface area contributed by atoms with Gasteiger partial charge in [0.1, 0.15) is 5.75 Å². The van der Waals surface area contributed by atoms with Gasteiger partial charge in [0.25, 0.3) is 0 Å². The van der Waals surface area contributed by atoms with Gasteiger partial charge in [-0.05, 0) is 52.0 Å². The maximum atomic E-state index is 11.9. The number of Topliss-reactive ketones (excluding diaryl/α,β-unsaturated/α-hetero) is 1. The van der Waals surface area contributed by atoms with E-state index in [2.05, 4.69) is 15.9 Å². The van der Waals surface area contributed by atoms with Crippen LogP contribution in [0.2, 0.25) is 5.02 Å². The molecule has 0 bridgehead atoms. The van der Waals surface area contributed by atoms with Gasteiger partial charge in [-0.25, -0.2) is 0 Å². The minimum atomic E-state index is -0.0616. The van der Waals surface area contributed by atoms with E-state index >= 15 is 0 Å². The molecule has 1 aromatic heterocycles. The van der Waals surface area contributed by atoms with Crippen LogP contribution in [0.3, 0.4) is 0 Å². The summed E-state index contributed by atoms with van der Waals surface area (Å²) in [6.07, 6.45) is 0. The van der Waals surface area contributed by atoms with Crippen molar-refractivity contribution in [2.75, 3.05) is 6.61 Å². The van der Waals surface area contributed by atoms with E-state index in [0.717, 1.165) is 10.0 Å². The van der Waals surface area contributed by atoms with E-state index in [4.69, 9.17) is 16.3 Å². The lowest BCUT2D eigenvalue weighted by atomic mass is 10.2. The van der Waals surface area contributed by atoms with E-state index in [1.54, 1.807) is 6.07 Å². The highest BCUT2D eigenvalue weighted by molar-refractivity contribution is 9.10. The Morgan fingerprint density at radius 2 is 2.22 bits per heavy atom. The van der Waals surface area contributed by atoms with Crippen LogP contribution < -0.4 is 4.74 Å². The molecule has 0 unspecified atom stereocenters. The molecular formula is C13H10BrClO2S. The summed E-state index contributed by atoms with van der Waals surface area (Å²) in [7, 11) is 0. The van der Waals surface area contributed by atoms with Crippen molar-refractivity contribution in [2.45, 2.75) is 6.92 Å². The van der Waals surface area contributed by atoms with Crippen molar-refractivity contribution < 1.29 is 9.53 Å². The third kappa shape index (κ3) is 3.13. The lowest BCUT2D eigenvalue weighted by Crippen LogP contribution is -2.10. The number of thiophene rings is 1. The number of hydrogen-bond donors (Lipinski definition) is 0. The van der Waals surface area contributed by atoms with Crippen molar-refractivity contribution in [1.82, 2.24) is 0 Å². The first-order valence-corrected chi connectivity index (χ1v) is 7.28. The zero-order chi connectivity index (χ0) is 13.1. The average Bonchev–Trinajstić information content (AvgIpc) is 2.74. The Morgan fingerprint density at radius 3 is 2.83 bits per heavy atom. The second-order valence-electron chi connectivity index (χ2n) is 3.74. The highest BCUT2D eigenvalue weighted by Crippen LogP contribution is 2.27. The normalized spacial score (nSPS) is 10.4. The average molecular weight is 346 g/mol. The van der Waals surface area contributed by atoms with E-state index in [0.29, 0.717) is 15.6 Å². The molecule has 2 nitrogen and oxygen atoms in total. The molecule has 1 aromatic carbocycles. The zero-order valence-electron chi connectivity index (χ0n) is 9.57. The maximum Gasteiger partial charge on any atom is 0.211 e. The van der Waals surface area contributed by atoms with Crippen LogP contribution in [0, 0.1) is 6.92 Å². The fourth-order valence-corrected chi connectivity index (χ4v) is 3.23. The second kappa shape index (κ2) is 5.87. The summed E-state index contributed by atoms with van der Waals surface area (Å²) in [5.74, 6) is 0.469. The summed E-state index contributed by atoms with van der Waals surface area (Å²) in [5.41, 5.74) is 1.06. The van der Waals surface area contributed by atoms with Crippen LogP contribution in [0.25, 0.3) is 0 Å². The Balaban J connectivity index is 2.04. The molecule has 0 aliphatic heterocycles. The summed E-state index contributed by atoms with van der Waals surface area (Å²) in [5, 5.41) is 2.38. The molecule has 0 N–H and O–H groups in total. The topological polar surface area (TPSA) is 26.3 Å². The molecule has 2 aromatic rings. The summed E-state index contributed by atoms with van der Waals surface area (Å²) in [6.45, 7) is 1.94. The lowest BCUT2D eigenvalue weighted by Gasteiger charge is -2.07. The summed E-state index contributed by atoms with van der Waals surface area (Å²) in [4.78, 5) is 12.6. The van der Waals surface area contributed by atoms with E-state index in [9.17, 15) is 4.79 Å². The SMILES string of the molecule is Cc1ccc(OCC(=O)c2sccc2Br)c(Cl)c1. The van der Waals surface area contributed by atoms with Gasteiger partial charge in [0, 0.05) is 4.47 Å². The van der Waals surface area contributed by atoms with Gasteiger partial charge in [-0.15, -0.1) is 11.3 Å². The van der Waals surface area contributed by atoms with Crippen molar-refractivity contribution in [3.8, 4) is 5.75 Å². The van der Waals surface area contributed by atoms with E-state index < -0.39 is 0 Å². The molecule has 0 amide bonds. The minimum Gasteiger partial charge on any atom is -0.484 e. The number of ketones is 1. The molecule has 18 heavy (non-hydrogen) atoms. The molecular weight excluding hydrogens is 336 g/mol. The summed E-state index contributed by atoms with van der Waals surface area (Å²) in [6, 6.07) is 7.32. The molecule has 94 valence electrons. The van der Waals surface area contributed by atoms with Crippen LogP contribution >= 0.6 is 38.9 Å². The number of hydrogen-bond acceptors (Lipinski definition) is 3. The molecule has 0 spiro atoms. The molecule has 5 heteroatoms. The molecule has 0 saturated carbocycles. The number of ether oxygens (including phenoxy) is 1. The number of aryl methyl sites for hydroxylation is 1. The van der Waals surface area contributed by atoms with Crippen LogP contribution in [-0.2, 0) is 0 Å².